The molecule has 0 saturated heterocycles. The van der Waals surface area contributed by atoms with Crippen molar-refractivity contribution < 1.29 is 4.92 Å². The maximum Gasteiger partial charge on any atom is 0.269 e. The molecule has 0 radical (unpaired) electrons. The highest BCUT2D eigenvalue weighted by atomic mass is 16.6. The Bertz CT molecular complexity index is 1140. The number of hydrogen-bond acceptors (Lipinski definition) is 5. The molecule has 1 N–H and O–H groups in total. The molecule has 0 aliphatic rings. The molecule has 4 rings (SSSR count). The Kier molecular flexibility index (Phi) is 3.76. The van der Waals surface area contributed by atoms with E-state index in [4.69, 9.17) is 4.98 Å². The van der Waals surface area contributed by atoms with Crippen LogP contribution >= 0.6 is 0 Å². The van der Waals surface area contributed by atoms with Gasteiger partial charge in [-0.3, -0.25) is 10.1 Å². The first-order chi connectivity index (χ1) is 12.5. The van der Waals surface area contributed by atoms with E-state index in [2.05, 4.69) is 10.4 Å². The van der Waals surface area contributed by atoms with Gasteiger partial charge in [0, 0.05) is 23.6 Å². The van der Waals surface area contributed by atoms with Crippen molar-refractivity contribution in [3.63, 3.8) is 0 Å². The lowest BCUT2D eigenvalue weighted by molar-refractivity contribution is -0.384. The molecule has 7 heteroatoms. The number of nitro groups is 1. The molecule has 0 unspecified atom stereocenters. The van der Waals surface area contributed by atoms with E-state index in [0.717, 1.165) is 33.6 Å². The minimum Gasteiger partial charge on any atom is -0.363 e. The average molecular weight is 347 g/mol. The van der Waals surface area contributed by atoms with Gasteiger partial charge in [-0.1, -0.05) is 24.3 Å². The first kappa shape index (κ1) is 16.0. The number of rotatable bonds is 4. The fourth-order valence-electron chi connectivity index (χ4n) is 3.08. The Morgan fingerprint density at radius 2 is 1.96 bits per heavy atom. The number of nitro benzene ring substituents is 1. The maximum absolute atomic E-state index is 11.0. The SMILES string of the molecule is Cc1cc2nc(N[C@@H](C)c3cccc([N+](=O)[O-])c3)c3ccccc3n2n1. The second kappa shape index (κ2) is 6.11. The molecule has 7 nitrogen and oxygen atoms in total. The van der Waals surface area contributed by atoms with Crippen LogP contribution in [0.25, 0.3) is 16.6 Å². The monoisotopic (exact) mass is 347 g/mol. The zero-order valence-electron chi connectivity index (χ0n) is 14.4. The van der Waals surface area contributed by atoms with Crippen LogP contribution in [0.15, 0.2) is 54.6 Å². The lowest BCUT2D eigenvalue weighted by Crippen LogP contribution is -2.10. The van der Waals surface area contributed by atoms with Crippen molar-refractivity contribution in [2.75, 3.05) is 5.32 Å². The largest absolute Gasteiger partial charge is 0.363 e. The number of nitrogens with zero attached hydrogens (tertiary/aromatic N) is 4. The number of nitrogens with one attached hydrogen (secondary N) is 1. The van der Waals surface area contributed by atoms with Crippen LogP contribution in [0.3, 0.4) is 0 Å². The number of para-hydroxylation sites is 1. The van der Waals surface area contributed by atoms with Crippen LogP contribution in [0.4, 0.5) is 11.5 Å². The molecule has 0 saturated carbocycles. The minimum atomic E-state index is -0.384. The van der Waals surface area contributed by atoms with Gasteiger partial charge >= 0.3 is 0 Å². The Labute approximate surface area is 149 Å². The first-order valence-electron chi connectivity index (χ1n) is 8.29. The maximum atomic E-state index is 11.0. The molecule has 0 aliphatic carbocycles. The summed E-state index contributed by atoms with van der Waals surface area (Å²) >= 11 is 0. The van der Waals surface area contributed by atoms with Gasteiger partial charge in [0.2, 0.25) is 0 Å². The van der Waals surface area contributed by atoms with Gasteiger partial charge in [0.15, 0.2) is 5.65 Å². The molecule has 0 fully saturated rings. The van der Waals surface area contributed by atoms with E-state index < -0.39 is 0 Å². The van der Waals surface area contributed by atoms with Gasteiger partial charge in [-0.25, -0.2) is 9.50 Å². The van der Waals surface area contributed by atoms with E-state index in [1.165, 1.54) is 6.07 Å². The lowest BCUT2D eigenvalue weighted by atomic mass is 10.1. The van der Waals surface area contributed by atoms with E-state index in [0.29, 0.717) is 0 Å². The molecule has 0 bridgehead atoms. The van der Waals surface area contributed by atoms with Crippen LogP contribution in [0.2, 0.25) is 0 Å². The van der Waals surface area contributed by atoms with Crippen LogP contribution < -0.4 is 5.32 Å². The van der Waals surface area contributed by atoms with Crippen LogP contribution in [-0.2, 0) is 0 Å². The number of aromatic nitrogens is 3. The highest BCUT2D eigenvalue weighted by molar-refractivity contribution is 5.91. The molecule has 2 aromatic carbocycles. The fourth-order valence-corrected chi connectivity index (χ4v) is 3.08. The number of hydrogen-bond donors (Lipinski definition) is 1. The summed E-state index contributed by atoms with van der Waals surface area (Å²) in [5.41, 5.74) is 3.52. The van der Waals surface area contributed by atoms with E-state index in [1.54, 1.807) is 12.1 Å². The van der Waals surface area contributed by atoms with Crippen LogP contribution in [0.1, 0.15) is 24.2 Å². The third-order valence-electron chi connectivity index (χ3n) is 4.36. The third kappa shape index (κ3) is 2.73. The van der Waals surface area contributed by atoms with Crippen molar-refractivity contribution >= 4 is 28.1 Å². The molecule has 26 heavy (non-hydrogen) atoms. The molecular weight excluding hydrogens is 330 g/mol. The molecule has 2 heterocycles. The molecule has 1 atom stereocenters. The van der Waals surface area contributed by atoms with Crippen molar-refractivity contribution in [2.45, 2.75) is 19.9 Å². The summed E-state index contributed by atoms with van der Waals surface area (Å²) in [5.74, 6) is 0.729. The summed E-state index contributed by atoms with van der Waals surface area (Å²) in [6, 6.07) is 16.3. The van der Waals surface area contributed by atoms with Gasteiger partial charge in [-0.15, -0.1) is 0 Å². The van der Waals surface area contributed by atoms with Gasteiger partial charge in [0.25, 0.3) is 5.69 Å². The topological polar surface area (TPSA) is 85.4 Å². The molecule has 0 spiro atoms. The van der Waals surface area contributed by atoms with Gasteiger partial charge in [-0.2, -0.15) is 5.10 Å². The van der Waals surface area contributed by atoms with E-state index in [1.807, 2.05) is 54.8 Å². The number of fused-ring (bicyclic) bond motifs is 3. The van der Waals surface area contributed by atoms with Gasteiger partial charge in [0.1, 0.15) is 5.82 Å². The van der Waals surface area contributed by atoms with Crippen LogP contribution in [-0.4, -0.2) is 19.5 Å². The smallest absolute Gasteiger partial charge is 0.269 e. The standard InChI is InChI=1S/C19H17N5O2/c1-12-10-18-21-19(16-8-3-4-9-17(16)23(18)22-12)20-13(2)14-6-5-7-15(11-14)24(25)26/h3-11,13H,1-2H3,(H,20,21)/t13-/m0/s1. The van der Waals surface area contributed by atoms with E-state index in [9.17, 15) is 10.1 Å². The summed E-state index contributed by atoms with van der Waals surface area (Å²) < 4.78 is 1.83. The van der Waals surface area contributed by atoms with Crippen molar-refractivity contribution in [1.82, 2.24) is 14.6 Å². The number of anilines is 1. The number of aryl methyl sites for hydroxylation is 1. The van der Waals surface area contributed by atoms with Crippen molar-refractivity contribution in [3.8, 4) is 0 Å². The summed E-state index contributed by atoms with van der Waals surface area (Å²) in [4.78, 5) is 15.3. The minimum absolute atomic E-state index is 0.0795. The lowest BCUT2D eigenvalue weighted by Gasteiger charge is -2.17. The highest BCUT2D eigenvalue weighted by Gasteiger charge is 2.15. The zero-order chi connectivity index (χ0) is 18.3. The number of benzene rings is 2. The second-order valence-electron chi connectivity index (χ2n) is 6.25. The zero-order valence-corrected chi connectivity index (χ0v) is 14.4. The van der Waals surface area contributed by atoms with E-state index in [-0.39, 0.29) is 16.7 Å². The van der Waals surface area contributed by atoms with Crippen molar-refractivity contribution in [3.05, 3.63) is 76.0 Å². The van der Waals surface area contributed by atoms with Gasteiger partial charge in [0.05, 0.1) is 22.2 Å². The molecule has 4 aromatic rings. The van der Waals surface area contributed by atoms with Crippen LogP contribution in [0, 0.1) is 17.0 Å². The Morgan fingerprint density at radius 3 is 2.77 bits per heavy atom. The predicted molar refractivity (Wildman–Crippen MR) is 100 cm³/mol. The molecule has 2 aromatic heterocycles. The second-order valence-corrected chi connectivity index (χ2v) is 6.25. The third-order valence-corrected chi connectivity index (χ3v) is 4.36. The van der Waals surface area contributed by atoms with Gasteiger partial charge < -0.3 is 5.32 Å². The summed E-state index contributed by atoms with van der Waals surface area (Å²) in [6.45, 7) is 3.89. The Balaban J connectivity index is 1.78. The van der Waals surface area contributed by atoms with E-state index >= 15 is 0 Å². The molecule has 0 aliphatic heterocycles. The number of non-ortho nitro benzene ring substituents is 1. The summed E-state index contributed by atoms with van der Waals surface area (Å²) in [6.07, 6.45) is 0. The Morgan fingerprint density at radius 1 is 1.15 bits per heavy atom. The molecule has 130 valence electrons. The molecule has 0 amide bonds. The Hall–Kier alpha value is -3.48. The molecular formula is C19H17N5O2. The normalized spacial score (nSPS) is 12.4. The average Bonchev–Trinajstić information content (AvgIpc) is 3.02. The quantitative estimate of drug-likeness (QED) is 0.440. The van der Waals surface area contributed by atoms with Crippen molar-refractivity contribution in [1.29, 1.82) is 0 Å². The van der Waals surface area contributed by atoms with Crippen molar-refractivity contribution in [2.24, 2.45) is 0 Å². The highest BCUT2D eigenvalue weighted by Crippen LogP contribution is 2.28. The summed E-state index contributed by atoms with van der Waals surface area (Å²) in [7, 11) is 0. The van der Waals surface area contributed by atoms with Crippen LogP contribution in [0.5, 0.6) is 0 Å². The fraction of sp³-hybridized carbons (Fsp3) is 0.158. The predicted octanol–water partition coefficient (Wildman–Crippen LogP) is 4.27. The van der Waals surface area contributed by atoms with Gasteiger partial charge in [-0.05, 0) is 31.5 Å². The summed E-state index contributed by atoms with van der Waals surface area (Å²) in [5, 5.41) is 19.9. The first-order valence-corrected chi connectivity index (χ1v) is 8.29.